The molecule has 1 heterocycles. The average molecular weight is 244 g/mol. The van der Waals surface area contributed by atoms with Gasteiger partial charge in [-0.2, -0.15) is 5.26 Å². The molecule has 1 N–H and O–H groups in total. The summed E-state index contributed by atoms with van der Waals surface area (Å²) in [6.45, 7) is 5.19. The predicted molar refractivity (Wildman–Crippen MR) is 71.6 cm³/mol. The van der Waals surface area contributed by atoms with Crippen LogP contribution < -0.4 is 10.1 Å². The first-order valence-corrected chi connectivity index (χ1v) is 6.32. The predicted octanol–water partition coefficient (Wildman–Crippen LogP) is 2.62. The smallest absolute Gasteiger partial charge is 0.118 e. The quantitative estimate of drug-likeness (QED) is 0.869. The molecule has 2 rings (SSSR count). The van der Waals surface area contributed by atoms with Gasteiger partial charge >= 0.3 is 0 Å². The van der Waals surface area contributed by atoms with Gasteiger partial charge in [-0.25, -0.2) is 0 Å². The van der Waals surface area contributed by atoms with Gasteiger partial charge in [-0.1, -0.05) is 12.1 Å². The van der Waals surface area contributed by atoms with Gasteiger partial charge in [0.05, 0.1) is 18.6 Å². The Bertz CT molecular complexity index is 458. The molecule has 1 atom stereocenters. The van der Waals surface area contributed by atoms with Crippen LogP contribution >= 0.6 is 0 Å². The van der Waals surface area contributed by atoms with Crippen molar-refractivity contribution in [2.24, 2.45) is 0 Å². The van der Waals surface area contributed by atoms with Gasteiger partial charge in [-0.15, -0.1) is 0 Å². The number of nitrogens with zero attached hydrogens (tertiary/aromatic N) is 1. The summed E-state index contributed by atoms with van der Waals surface area (Å²) in [5, 5.41) is 13.1. The Morgan fingerprint density at radius 1 is 1.28 bits per heavy atom. The fourth-order valence-electron chi connectivity index (χ4n) is 2.84. The Morgan fingerprint density at radius 2 is 1.94 bits per heavy atom. The third-order valence-electron chi connectivity index (χ3n) is 3.76. The monoisotopic (exact) mass is 244 g/mol. The number of methoxy groups -OCH3 is 1. The molecule has 1 aliphatic rings. The molecular formula is C15H20N2O. The van der Waals surface area contributed by atoms with Crippen LogP contribution in [0.5, 0.6) is 5.75 Å². The molecule has 1 fully saturated rings. The molecule has 1 aromatic rings. The molecule has 0 bridgehead atoms. The molecule has 1 saturated heterocycles. The lowest BCUT2D eigenvalue weighted by molar-refractivity contribution is 0.233. The molecule has 0 radical (unpaired) electrons. The van der Waals surface area contributed by atoms with Gasteiger partial charge < -0.3 is 10.1 Å². The average Bonchev–Trinajstić information content (AvgIpc) is 2.37. The summed E-state index contributed by atoms with van der Waals surface area (Å²) in [5.41, 5.74) is 0.731. The van der Waals surface area contributed by atoms with Crippen LogP contribution in [0.1, 0.15) is 32.3 Å². The molecule has 1 aromatic carbocycles. The second-order valence-corrected chi connectivity index (χ2v) is 5.66. The van der Waals surface area contributed by atoms with Crippen molar-refractivity contribution in [1.82, 2.24) is 5.32 Å². The van der Waals surface area contributed by atoms with Gasteiger partial charge in [0.25, 0.3) is 0 Å². The first-order valence-electron chi connectivity index (χ1n) is 6.32. The normalized spacial score (nSPS) is 26.3. The lowest BCUT2D eigenvalue weighted by Crippen LogP contribution is -2.52. The maximum atomic E-state index is 9.64. The number of nitrogens with one attached hydrogen (secondary N) is 1. The second-order valence-electron chi connectivity index (χ2n) is 5.66. The van der Waals surface area contributed by atoms with Crippen molar-refractivity contribution < 1.29 is 4.74 Å². The minimum atomic E-state index is -0.374. The van der Waals surface area contributed by atoms with E-state index in [4.69, 9.17) is 4.74 Å². The summed E-state index contributed by atoms with van der Waals surface area (Å²) < 4.78 is 5.17. The molecule has 1 aliphatic heterocycles. The summed E-state index contributed by atoms with van der Waals surface area (Å²) in [4.78, 5) is 0. The number of hydrogen-bond donors (Lipinski definition) is 1. The summed E-state index contributed by atoms with van der Waals surface area (Å²) in [7, 11) is 1.66. The van der Waals surface area contributed by atoms with Crippen LogP contribution in [-0.2, 0) is 5.41 Å². The van der Waals surface area contributed by atoms with Crippen LogP contribution in [0.4, 0.5) is 0 Å². The Hall–Kier alpha value is -1.53. The highest BCUT2D eigenvalue weighted by molar-refractivity contribution is 5.38. The van der Waals surface area contributed by atoms with E-state index in [0.717, 1.165) is 30.7 Å². The van der Waals surface area contributed by atoms with Crippen LogP contribution in [0.15, 0.2) is 24.3 Å². The van der Waals surface area contributed by atoms with Crippen LogP contribution in [0, 0.1) is 11.3 Å². The van der Waals surface area contributed by atoms with Crippen molar-refractivity contribution in [3.63, 3.8) is 0 Å². The lowest BCUT2D eigenvalue weighted by Gasteiger charge is -2.42. The Kier molecular flexibility index (Phi) is 3.32. The van der Waals surface area contributed by atoms with Crippen molar-refractivity contribution in [3.05, 3.63) is 29.8 Å². The topological polar surface area (TPSA) is 45.0 Å². The first-order chi connectivity index (χ1) is 8.51. The molecule has 0 aromatic heterocycles. The largest absolute Gasteiger partial charge is 0.497 e. The first kappa shape index (κ1) is 12.9. The van der Waals surface area contributed by atoms with Crippen molar-refractivity contribution >= 4 is 0 Å². The van der Waals surface area contributed by atoms with E-state index in [1.54, 1.807) is 7.11 Å². The van der Waals surface area contributed by atoms with E-state index in [0.29, 0.717) is 0 Å². The number of ether oxygens (including phenoxy) is 1. The molecule has 3 nitrogen and oxygen atoms in total. The van der Waals surface area contributed by atoms with Crippen LogP contribution in [0.25, 0.3) is 0 Å². The van der Waals surface area contributed by atoms with Crippen molar-refractivity contribution in [2.75, 3.05) is 13.7 Å². The fraction of sp³-hybridized carbons (Fsp3) is 0.533. The molecule has 3 heteroatoms. The number of rotatable bonds is 2. The summed E-state index contributed by atoms with van der Waals surface area (Å²) in [6.07, 6.45) is 1.70. The van der Waals surface area contributed by atoms with E-state index in [9.17, 15) is 5.26 Å². The second kappa shape index (κ2) is 4.62. The molecule has 0 aliphatic carbocycles. The fourth-order valence-corrected chi connectivity index (χ4v) is 2.84. The molecule has 18 heavy (non-hydrogen) atoms. The van der Waals surface area contributed by atoms with Gasteiger partial charge in [0.1, 0.15) is 5.75 Å². The standard InChI is InChI=1S/C15H20N2O/c1-14(2)10-15(11-16,8-9-17-14)12-4-6-13(18-3)7-5-12/h4-7,17H,8-10H2,1-3H3. The minimum Gasteiger partial charge on any atom is -0.497 e. The molecular weight excluding hydrogens is 224 g/mol. The highest BCUT2D eigenvalue weighted by Crippen LogP contribution is 2.38. The number of benzene rings is 1. The maximum Gasteiger partial charge on any atom is 0.118 e. The number of piperidine rings is 1. The Labute approximate surface area is 109 Å². The third kappa shape index (κ3) is 2.34. The zero-order valence-electron chi connectivity index (χ0n) is 11.3. The Balaban J connectivity index is 2.34. The van der Waals surface area contributed by atoms with Crippen LogP contribution in [0.2, 0.25) is 0 Å². The van der Waals surface area contributed by atoms with Crippen molar-refractivity contribution in [1.29, 1.82) is 5.26 Å². The Morgan fingerprint density at radius 3 is 2.44 bits per heavy atom. The zero-order chi connectivity index (χ0) is 13.2. The molecule has 0 amide bonds. The van der Waals surface area contributed by atoms with Gasteiger partial charge in [-0.05, 0) is 50.9 Å². The molecule has 96 valence electrons. The number of nitriles is 1. The van der Waals surface area contributed by atoms with Crippen LogP contribution in [0.3, 0.4) is 0 Å². The van der Waals surface area contributed by atoms with E-state index in [2.05, 4.69) is 25.2 Å². The van der Waals surface area contributed by atoms with Crippen molar-refractivity contribution in [3.8, 4) is 11.8 Å². The van der Waals surface area contributed by atoms with E-state index in [1.807, 2.05) is 24.3 Å². The van der Waals surface area contributed by atoms with E-state index >= 15 is 0 Å². The van der Waals surface area contributed by atoms with Gasteiger partial charge in [0, 0.05) is 5.54 Å². The summed E-state index contributed by atoms with van der Waals surface area (Å²) in [5.74, 6) is 0.833. The number of hydrogen-bond acceptors (Lipinski definition) is 3. The van der Waals surface area contributed by atoms with E-state index in [-0.39, 0.29) is 11.0 Å². The van der Waals surface area contributed by atoms with Crippen LogP contribution in [-0.4, -0.2) is 19.2 Å². The van der Waals surface area contributed by atoms with Gasteiger partial charge in [0.2, 0.25) is 0 Å². The van der Waals surface area contributed by atoms with Gasteiger partial charge in [-0.3, -0.25) is 0 Å². The SMILES string of the molecule is COc1ccc(C2(C#N)CCNC(C)(C)C2)cc1. The van der Waals surface area contributed by atoms with Gasteiger partial charge in [0.15, 0.2) is 0 Å². The lowest BCUT2D eigenvalue weighted by atomic mass is 9.68. The molecule has 1 unspecified atom stereocenters. The van der Waals surface area contributed by atoms with E-state index in [1.165, 1.54) is 0 Å². The minimum absolute atomic E-state index is 0.00784. The molecule has 0 saturated carbocycles. The third-order valence-corrected chi connectivity index (χ3v) is 3.76. The van der Waals surface area contributed by atoms with Crippen molar-refractivity contribution in [2.45, 2.75) is 37.6 Å². The highest BCUT2D eigenvalue weighted by Gasteiger charge is 2.41. The summed E-state index contributed by atoms with van der Waals surface area (Å²) >= 11 is 0. The zero-order valence-corrected chi connectivity index (χ0v) is 11.3. The maximum absolute atomic E-state index is 9.64. The highest BCUT2D eigenvalue weighted by atomic mass is 16.5. The summed E-state index contributed by atoms with van der Waals surface area (Å²) in [6, 6.07) is 10.4. The molecule has 0 spiro atoms. The van der Waals surface area contributed by atoms with E-state index < -0.39 is 0 Å².